The molecule has 2 amide bonds. The first-order valence-electron chi connectivity index (χ1n) is 4.94. The van der Waals surface area contributed by atoms with E-state index in [4.69, 9.17) is 11.6 Å². The standard InChI is InChI=1S/C10H11ClN2O2S/c11-8-1-6-16-9(8)10(15)13-4-2-12(7-14)3-5-13/h1,6-7H,2-5H2. The number of piperazine rings is 1. The van der Waals surface area contributed by atoms with Gasteiger partial charge in [0.25, 0.3) is 5.91 Å². The Morgan fingerprint density at radius 1 is 1.38 bits per heavy atom. The zero-order valence-electron chi connectivity index (χ0n) is 8.56. The molecule has 1 fully saturated rings. The number of carbonyl (C=O) groups is 2. The summed E-state index contributed by atoms with van der Waals surface area (Å²) in [6.45, 7) is 2.34. The van der Waals surface area contributed by atoms with Gasteiger partial charge >= 0.3 is 0 Å². The molecule has 0 aromatic carbocycles. The summed E-state index contributed by atoms with van der Waals surface area (Å²) in [7, 11) is 0. The van der Waals surface area contributed by atoms with E-state index in [1.807, 2.05) is 0 Å². The molecule has 0 unspecified atom stereocenters. The van der Waals surface area contributed by atoms with Crippen molar-refractivity contribution < 1.29 is 9.59 Å². The molecular formula is C10H11ClN2O2S. The number of halogens is 1. The molecule has 1 aromatic heterocycles. The highest BCUT2D eigenvalue weighted by molar-refractivity contribution is 7.12. The van der Waals surface area contributed by atoms with E-state index in [9.17, 15) is 9.59 Å². The Hall–Kier alpha value is -1.07. The lowest BCUT2D eigenvalue weighted by Gasteiger charge is -2.32. The van der Waals surface area contributed by atoms with Crippen LogP contribution < -0.4 is 0 Å². The number of hydrogen-bond donors (Lipinski definition) is 0. The molecule has 4 nitrogen and oxygen atoms in total. The van der Waals surface area contributed by atoms with Crippen LogP contribution in [-0.4, -0.2) is 48.3 Å². The molecule has 1 saturated heterocycles. The fourth-order valence-electron chi connectivity index (χ4n) is 1.62. The molecule has 16 heavy (non-hydrogen) atoms. The number of hydrogen-bond acceptors (Lipinski definition) is 3. The molecule has 1 aliphatic heterocycles. The summed E-state index contributed by atoms with van der Waals surface area (Å²) in [5.74, 6) is -0.0365. The maximum atomic E-state index is 12.0. The molecule has 6 heteroatoms. The van der Waals surface area contributed by atoms with Crippen LogP contribution in [-0.2, 0) is 4.79 Å². The largest absolute Gasteiger partial charge is 0.342 e. The molecule has 1 aromatic rings. The molecule has 0 aliphatic carbocycles. The lowest BCUT2D eigenvalue weighted by molar-refractivity contribution is -0.119. The van der Waals surface area contributed by atoms with Gasteiger partial charge in [-0.1, -0.05) is 11.6 Å². The molecular weight excluding hydrogens is 248 g/mol. The first-order valence-corrected chi connectivity index (χ1v) is 6.19. The second kappa shape index (κ2) is 4.84. The van der Waals surface area contributed by atoms with Crippen molar-refractivity contribution in [3.63, 3.8) is 0 Å². The molecule has 2 heterocycles. The Morgan fingerprint density at radius 3 is 2.56 bits per heavy atom. The minimum atomic E-state index is -0.0365. The Morgan fingerprint density at radius 2 is 2.06 bits per heavy atom. The second-order valence-electron chi connectivity index (χ2n) is 3.53. The summed E-state index contributed by atoms with van der Waals surface area (Å²) in [5.41, 5.74) is 0. The van der Waals surface area contributed by atoms with Gasteiger partial charge in [-0.25, -0.2) is 0 Å². The first kappa shape index (κ1) is 11.4. The van der Waals surface area contributed by atoms with Gasteiger partial charge in [-0.15, -0.1) is 11.3 Å². The molecule has 0 bridgehead atoms. The van der Waals surface area contributed by atoms with Crippen molar-refractivity contribution in [2.75, 3.05) is 26.2 Å². The van der Waals surface area contributed by atoms with Gasteiger partial charge in [0, 0.05) is 26.2 Å². The number of nitrogens with zero attached hydrogens (tertiary/aromatic N) is 2. The summed E-state index contributed by atoms with van der Waals surface area (Å²) in [4.78, 5) is 26.5. The number of thiophene rings is 1. The van der Waals surface area contributed by atoms with Crippen LogP contribution in [0.3, 0.4) is 0 Å². The van der Waals surface area contributed by atoms with Crippen LogP contribution in [0, 0.1) is 0 Å². The topological polar surface area (TPSA) is 40.6 Å². The second-order valence-corrected chi connectivity index (χ2v) is 4.85. The molecule has 86 valence electrons. The molecule has 2 rings (SSSR count). The SMILES string of the molecule is O=CN1CCN(C(=O)c2sccc2Cl)CC1. The summed E-state index contributed by atoms with van der Waals surface area (Å²) >= 11 is 7.26. The van der Waals surface area contributed by atoms with Crippen molar-refractivity contribution in [2.24, 2.45) is 0 Å². The Kier molecular flexibility index (Phi) is 3.46. The van der Waals surface area contributed by atoms with Crippen molar-refractivity contribution >= 4 is 35.3 Å². The third-order valence-corrected chi connectivity index (χ3v) is 3.89. The Balaban J connectivity index is 2.02. The van der Waals surface area contributed by atoms with Crippen LogP contribution >= 0.6 is 22.9 Å². The molecule has 0 atom stereocenters. The van der Waals surface area contributed by atoms with Crippen molar-refractivity contribution in [2.45, 2.75) is 0 Å². The van der Waals surface area contributed by atoms with Gasteiger partial charge in [0.15, 0.2) is 0 Å². The predicted octanol–water partition coefficient (Wildman–Crippen LogP) is 1.32. The van der Waals surface area contributed by atoms with Crippen LogP contribution in [0.4, 0.5) is 0 Å². The van der Waals surface area contributed by atoms with E-state index in [1.54, 1.807) is 21.2 Å². The molecule has 0 N–H and O–H groups in total. The molecule has 1 aliphatic rings. The van der Waals surface area contributed by atoms with E-state index in [2.05, 4.69) is 0 Å². The van der Waals surface area contributed by atoms with Crippen molar-refractivity contribution in [1.29, 1.82) is 0 Å². The highest BCUT2D eigenvalue weighted by Crippen LogP contribution is 2.23. The van der Waals surface area contributed by atoms with Gasteiger partial charge in [-0.2, -0.15) is 0 Å². The highest BCUT2D eigenvalue weighted by Gasteiger charge is 2.23. The van der Waals surface area contributed by atoms with Gasteiger partial charge in [0.2, 0.25) is 6.41 Å². The van der Waals surface area contributed by atoms with E-state index in [0.29, 0.717) is 36.1 Å². The molecule has 0 saturated carbocycles. The van der Waals surface area contributed by atoms with E-state index in [1.165, 1.54) is 11.3 Å². The maximum Gasteiger partial charge on any atom is 0.265 e. The van der Waals surface area contributed by atoms with Gasteiger partial charge in [-0.3, -0.25) is 9.59 Å². The number of carbonyl (C=O) groups excluding carboxylic acids is 2. The summed E-state index contributed by atoms with van der Waals surface area (Å²) < 4.78 is 0. The predicted molar refractivity (Wildman–Crippen MR) is 62.9 cm³/mol. The maximum absolute atomic E-state index is 12.0. The Labute approximate surface area is 102 Å². The normalized spacial score (nSPS) is 16.3. The van der Waals surface area contributed by atoms with Gasteiger partial charge in [-0.05, 0) is 11.4 Å². The monoisotopic (exact) mass is 258 g/mol. The van der Waals surface area contributed by atoms with Gasteiger partial charge in [0.05, 0.1) is 5.02 Å². The fourth-order valence-corrected chi connectivity index (χ4v) is 2.72. The minimum absolute atomic E-state index is 0.0365. The van der Waals surface area contributed by atoms with Gasteiger partial charge < -0.3 is 9.80 Å². The molecule has 0 spiro atoms. The minimum Gasteiger partial charge on any atom is -0.342 e. The van der Waals surface area contributed by atoms with Crippen molar-refractivity contribution in [3.8, 4) is 0 Å². The van der Waals surface area contributed by atoms with Crippen LogP contribution in [0.5, 0.6) is 0 Å². The Bertz CT molecular complexity index is 399. The quantitative estimate of drug-likeness (QED) is 0.751. The van der Waals surface area contributed by atoms with Crippen molar-refractivity contribution in [1.82, 2.24) is 9.80 Å². The lowest BCUT2D eigenvalue weighted by atomic mass is 10.3. The average molecular weight is 259 g/mol. The summed E-state index contributed by atoms with van der Waals surface area (Å²) in [6, 6.07) is 1.72. The summed E-state index contributed by atoms with van der Waals surface area (Å²) in [6.07, 6.45) is 0.819. The van der Waals surface area contributed by atoms with Crippen LogP contribution in [0.15, 0.2) is 11.4 Å². The van der Waals surface area contributed by atoms with Crippen molar-refractivity contribution in [3.05, 3.63) is 21.3 Å². The smallest absolute Gasteiger partial charge is 0.265 e. The number of amides is 2. The van der Waals surface area contributed by atoms with Crippen LogP contribution in [0.2, 0.25) is 5.02 Å². The summed E-state index contributed by atoms with van der Waals surface area (Å²) in [5, 5.41) is 2.31. The highest BCUT2D eigenvalue weighted by atomic mass is 35.5. The third-order valence-electron chi connectivity index (χ3n) is 2.56. The van der Waals surface area contributed by atoms with Crippen LogP contribution in [0.1, 0.15) is 9.67 Å². The van der Waals surface area contributed by atoms with E-state index < -0.39 is 0 Å². The average Bonchev–Trinajstić information content (AvgIpc) is 2.75. The fraction of sp³-hybridized carbons (Fsp3) is 0.400. The zero-order chi connectivity index (χ0) is 11.5. The van der Waals surface area contributed by atoms with E-state index in [0.717, 1.165) is 6.41 Å². The lowest BCUT2D eigenvalue weighted by Crippen LogP contribution is -2.47. The van der Waals surface area contributed by atoms with E-state index >= 15 is 0 Å². The van der Waals surface area contributed by atoms with Crippen LogP contribution in [0.25, 0.3) is 0 Å². The van der Waals surface area contributed by atoms with E-state index in [-0.39, 0.29) is 5.91 Å². The number of rotatable bonds is 2. The first-order chi connectivity index (χ1) is 7.72. The third kappa shape index (κ3) is 2.20. The molecule has 0 radical (unpaired) electrons. The zero-order valence-corrected chi connectivity index (χ0v) is 10.1. The van der Waals surface area contributed by atoms with Gasteiger partial charge in [0.1, 0.15) is 4.88 Å².